The lowest BCUT2D eigenvalue weighted by molar-refractivity contribution is -0.0817. The molecule has 2 heterocycles. The van der Waals surface area contributed by atoms with Gasteiger partial charge in [0.2, 0.25) is 0 Å². The van der Waals surface area contributed by atoms with Crippen LogP contribution in [0.1, 0.15) is 51.0 Å². The van der Waals surface area contributed by atoms with Crippen molar-refractivity contribution in [2.45, 2.75) is 70.3 Å². The summed E-state index contributed by atoms with van der Waals surface area (Å²) in [6.07, 6.45) is 7.49. The standard InChI is InChI=1S/C24H37N3O4/c1-3-25-24(27-13-15-30-22(17-27)20-12-7-14-29-20)26-16-18-8-6-11-21(28-2)23(18)31-19-9-4-5-10-19/h6,8,11,19-20,22H,3-5,7,9-10,12-17H2,1-2H3,(H,25,26). The van der Waals surface area contributed by atoms with E-state index in [0.717, 1.165) is 74.9 Å². The van der Waals surface area contributed by atoms with Gasteiger partial charge in [-0.3, -0.25) is 0 Å². The molecule has 2 aliphatic heterocycles. The molecule has 1 N–H and O–H groups in total. The summed E-state index contributed by atoms with van der Waals surface area (Å²) in [6, 6.07) is 6.07. The first kappa shape index (κ1) is 22.2. The van der Waals surface area contributed by atoms with Crippen LogP contribution in [0, 0.1) is 0 Å². The second-order valence-electron chi connectivity index (χ2n) is 8.55. The Labute approximate surface area is 186 Å². The Bertz CT molecular complexity index is 730. The molecule has 2 atom stereocenters. The minimum atomic E-state index is 0.109. The van der Waals surface area contributed by atoms with Crippen molar-refractivity contribution in [3.05, 3.63) is 23.8 Å². The highest BCUT2D eigenvalue weighted by Crippen LogP contribution is 2.35. The topological polar surface area (TPSA) is 64.6 Å². The summed E-state index contributed by atoms with van der Waals surface area (Å²) < 4.78 is 23.9. The zero-order chi connectivity index (χ0) is 21.5. The van der Waals surface area contributed by atoms with Gasteiger partial charge >= 0.3 is 0 Å². The Kier molecular flexibility index (Phi) is 7.92. The lowest BCUT2D eigenvalue weighted by atomic mass is 10.1. The fraction of sp³-hybridized carbons (Fsp3) is 0.708. The molecule has 4 rings (SSSR count). The second kappa shape index (κ2) is 11.0. The van der Waals surface area contributed by atoms with Gasteiger partial charge in [-0.1, -0.05) is 12.1 Å². The first-order valence-electron chi connectivity index (χ1n) is 11.9. The number of para-hydroxylation sites is 1. The third-order valence-electron chi connectivity index (χ3n) is 6.37. The number of guanidine groups is 1. The molecule has 2 saturated heterocycles. The average molecular weight is 432 g/mol. The Morgan fingerprint density at radius 3 is 2.71 bits per heavy atom. The fourth-order valence-electron chi connectivity index (χ4n) is 4.73. The number of benzene rings is 1. The van der Waals surface area contributed by atoms with E-state index >= 15 is 0 Å². The Hall–Kier alpha value is -1.99. The van der Waals surface area contributed by atoms with Crippen LogP contribution in [0.2, 0.25) is 0 Å². The van der Waals surface area contributed by atoms with Gasteiger partial charge in [0.1, 0.15) is 6.10 Å². The highest BCUT2D eigenvalue weighted by molar-refractivity contribution is 5.80. The van der Waals surface area contributed by atoms with Gasteiger partial charge in [0.05, 0.1) is 32.5 Å². The normalized spacial score (nSPS) is 25.1. The van der Waals surface area contributed by atoms with Crippen molar-refractivity contribution in [3.8, 4) is 11.5 Å². The van der Waals surface area contributed by atoms with Crippen LogP contribution in [0.5, 0.6) is 11.5 Å². The van der Waals surface area contributed by atoms with E-state index in [4.69, 9.17) is 23.9 Å². The minimum Gasteiger partial charge on any atom is -0.493 e. The number of hydrogen-bond acceptors (Lipinski definition) is 5. The first-order valence-corrected chi connectivity index (χ1v) is 11.9. The largest absolute Gasteiger partial charge is 0.493 e. The summed E-state index contributed by atoms with van der Waals surface area (Å²) in [5.74, 6) is 2.55. The van der Waals surface area contributed by atoms with Crippen molar-refractivity contribution in [1.29, 1.82) is 0 Å². The maximum absolute atomic E-state index is 6.39. The highest BCUT2D eigenvalue weighted by Gasteiger charge is 2.32. The van der Waals surface area contributed by atoms with E-state index in [1.807, 2.05) is 12.1 Å². The van der Waals surface area contributed by atoms with Gasteiger partial charge in [0.25, 0.3) is 0 Å². The van der Waals surface area contributed by atoms with Crippen molar-refractivity contribution >= 4 is 5.96 Å². The van der Waals surface area contributed by atoms with E-state index in [9.17, 15) is 0 Å². The predicted molar refractivity (Wildman–Crippen MR) is 121 cm³/mol. The van der Waals surface area contributed by atoms with Crippen LogP contribution in [0.3, 0.4) is 0 Å². The van der Waals surface area contributed by atoms with Gasteiger partial charge in [-0.05, 0) is 51.5 Å². The summed E-state index contributed by atoms with van der Waals surface area (Å²) in [7, 11) is 1.70. The smallest absolute Gasteiger partial charge is 0.194 e. The third kappa shape index (κ3) is 5.63. The Morgan fingerprint density at radius 2 is 1.97 bits per heavy atom. The van der Waals surface area contributed by atoms with Crippen LogP contribution in [0.15, 0.2) is 23.2 Å². The maximum atomic E-state index is 6.39. The van der Waals surface area contributed by atoms with Gasteiger partial charge in [0, 0.05) is 31.8 Å². The van der Waals surface area contributed by atoms with Crippen molar-refractivity contribution < 1.29 is 18.9 Å². The Balaban J connectivity index is 1.49. The fourth-order valence-corrected chi connectivity index (χ4v) is 4.73. The van der Waals surface area contributed by atoms with Gasteiger partial charge in [0.15, 0.2) is 17.5 Å². The predicted octanol–water partition coefficient (Wildman–Crippen LogP) is 3.36. The minimum absolute atomic E-state index is 0.109. The molecule has 0 radical (unpaired) electrons. The molecular weight excluding hydrogens is 394 g/mol. The molecule has 1 saturated carbocycles. The van der Waals surface area contributed by atoms with Crippen LogP contribution >= 0.6 is 0 Å². The summed E-state index contributed by atoms with van der Waals surface area (Å²) >= 11 is 0. The number of hydrogen-bond donors (Lipinski definition) is 1. The molecular formula is C24H37N3O4. The highest BCUT2D eigenvalue weighted by atomic mass is 16.5. The molecule has 0 aromatic heterocycles. The lowest BCUT2D eigenvalue weighted by Crippen LogP contribution is -2.53. The van der Waals surface area contributed by atoms with E-state index in [1.165, 1.54) is 12.8 Å². The van der Waals surface area contributed by atoms with Gasteiger partial charge < -0.3 is 29.2 Å². The van der Waals surface area contributed by atoms with Crippen LogP contribution in [0.4, 0.5) is 0 Å². The second-order valence-corrected chi connectivity index (χ2v) is 8.55. The number of nitrogens with one attached hydrogen (secondary N) is 1. The molecule has 7 heteroatoms. The molecule has 0 spiro atoms. The van der Waals surface area contributed by atoms with Gasteiger partial charge in [-0.25, -0.2) is 4.99 Å². The molecule has 1 aromatic rings. The summed E-state index contributed by atoms with van der Waals surface area (Å²) in [6.45, 7) is 6.66. The van der Waals surface area contributed by atoms with Crippen molar-refractivity contribution in [3.63, 3.8) is 0 Å². The zero-order valence-corrected chi connectivity index (χ0v) is 19.0. The zero-order valence-electron chi connectivity index (χ0n) is 19.0. The molecule has 31 heavy (non-hydrogen) atoms. The lowest BCUT2D eigenvalue weighted by Gasteiger charge is -2.37. The number of nitrogens with zero attached hydrogens (tertiary/aromatic N) is 2. The SMILES string of the molecule is CCNC(=NCc1cccc(OC)c1OC1CCCC1)N1CCOC(C2CCCO2)C1. The molecule has 172 valence electrons. The molecule has 2 unspecified atom stereocenters. The van der Waals surface area contributed by atoms with Crippen LogP contribution in [-0.4, -0.2) is 69.1 Å². The third-order valence-corrected chi connectivity index (χ3v) is 6.37. The Morgan fingerprint density at radius 1 is 1.13 bits per heavy atom. The molecule has 3 aliphatic rings. The molecule has 1 aliphatic carbocycles. The number of methoxy groups -OCH3 is 1. The average Bonchev–Trinajstić information content (AvgIpc) is 3.52. The van der Waals surface area contributed by atoms with E-state index in [2.05, 4.69) is 23.2 Å². The monoisotopic (exact) mass is 431 g/mol. The van der Waals surface area contributed by atoms with Crippen LogP contribution in [-0.2, 0) is 16.0 Å². The van der Waals surface area contributed by atoms with Crippen LogP contribution in [0.25, 0.3) is 0 Å². The first-order chi connectivity index (χ1) is 15.3. The van der Waals surface area contributed by atoms with E-state index in [0.29, 0.717) is 13.2 Å². The quantitative estimate of drug-likeness (QED) is 0.528. The molecule has 3 fully saturated rings. The van der Waals surface area contributed by atoms with Crippen LogP contribution < -0.4 is 14.8 Å². The summed E-state index contributed by atoms with van der Waals surface area (Å²) in [5.41, 5.74) is 1.06. The van der Waals surface area contributed by atoms with Gasteiger partial charge in [-0.15, -0.1) is 0 Å². The molecule has 0 bridgehead atoms. The number of rotatable bonds is 7. The molecule has 7 nitrogen and oxygen atoms in total. The molecule has 0 amide bonds. The summed E-state index contributed by atoms with van der Waals surface area (Å²) in [4.78, 5) is 7.28. The van der Waals surface area contributed by atoms with E-state index in [1.54, 1.807) is 7.11 Å². The van der Waals surface area contributed by atoms with E-state index < -0.39 is 0 Å². The van der Waals surface area contributed by atoms with Crippen molar-refractivity contribution in [2.75, 3.05) is 40.0 Å². The van der Waals surface area contributed by atoms with Crippen molar-refractivity contribution in [2.24, 2.45) is 4.99 Å². The summed E-state index contributed by atoms with van der Waals surface area (Å²) in [5, 5.41) is 3.46. The number of aliphatic imine (C=N–C) groups is 1. The number of ether oxygens (including phenoxy) is 4. The van der Waals surface area contributed by atoms with E-state index in [-0.39, 0.29) is 18.3 Å². The van der Waals surface area contributed by atoms with Gasteiger partial charge in [-0.2, -0.15) is 0 Å². The molecule has 1 aromatic carbocycles. The van der Waals surface area contributed by atoms with Crippen molar-refractivity contribution in [1.82, 2.24) is 10.2 Å². The number of morpholine rings is 1. The maximum Gasteiger partial charge on any atom is 0.194 e.